The average Bonchev–Trinajstić information content (AvgIpc) is 3.11. The molecule has 1 aliphatic heterocycles. The number of carbonyl (C=O) groups excluding carboxylic acids is 2. The zero-order valence-electron chi connectivity index (χ0n) is 11.4. The van der Waals surface area contributed by atoms with E-state index in [9.17, 15) is 18.0 Å². The second-order valence-electron chi connectivity index (χ2n) is 5.89. The van der Waals surface area contributed by atoms with Gasteiger partial charge in [-0.2, -0.15) is 8.42 Å². The third-order valence-electron chi connectivity index (χ3n) is 4.66. The smallest absolute Gasteiger partial charge is 0.296 e. The van der Waals surface area contributed by atoms with Crippen molar-refractivity contribution in [1.29, 1.82) is 0 Å². The Balaban J connectivity index is 1.73. The lowest BCUT2D eigenvalue weighted by Gasteiger charge is -2.29. The molecule has 0 spiro atoms. The summed E-state index contributed by atoms with van der Waals surface area (Å²) in [4.78, 5) is 23.9. The van der Waals surface area contributed by atoms with Gasteiger partial charge in [-0.1, -0.05) is 30.4 Å². The summed E-state index contributed by atoms with van der Waals surface area (Å²) in [5.74, 6) is -2.24. The summed E-state index contributed by atoms with van der Waals surface area (Å²) in [7, 11) is -4.01. The summed E-state index contributed by atoms with van der Waals surface area (Å²) in [6.45, 7) is 0. The summed E-state index contributed by atoms with van der Waals surface area (Å²) in [6.07, 6.45) is 3.74. The topological polar surface area (TPSA) is 89.5 Å². The number of hydrogen-bond acceptors (Lipinski definition) is 5. The lowest BCUT2D eigenvalue weighted by Crippen LogP contribution is -2.42. The molecule has 1 aromatic carbocycles. The predicted octanol–water partition coefficient (Wildman–Crippen LogP) is 0.609. The lowest BCUT2D eigenvalue weighted by atomic mass is 9.83. The van der Waals surface area contributed by atoms with Gasteiger partial charge in [-0.25, -0.2) is 0 Å². The highest BCUT2D eigenvalue weighted by molar-refractivity contribution is 7.86. The Hall–Kier alpha value is -1.99. The first-order valence-electron chi connectivity index (χ1n) is 6.98. The SMILES string of the molecule is O=C1NC(=O)C2C1C1C=CC2(OS(=O)(=O)c2ccccc2)C1. The van der Waals surface area contributed by atoms with Crippen molar-refractivity contribution >= 4 is 21.9 Å². The molecule has 4 unspecified atom stereocenters. The highest BCUT2D eigenvalue weighted by atomic mass is 32.2. The van der Waals surface area contributed by atoms with Crippen LogP contribution in [0.25, 0.3) is 0 Å². The molecule has 2 bridgehead atoms. The maximum Gasteiger partial charge on any atom is 0.297 e. The molecule has 1 N–H and O–H groups in total. The van der Waals surface area contributed by atoms with E-state index in [1.165, 1.54) is 12.1 Å². The van der Waals surface area contributed by atoms with E-state index in [0.29, 0.717) is 6.42 Å². The zero-order valence-corrected chi connectivity index (χ0v) is 12.2. The van der Waals surface area contributed by atoms with Gasteiger partial charge in [-0.3, -0.25) is 19.1 Å². The molecule has 4 rings (SSSR count). The van der Waals surface area contributed by atoms with Gasteiger partial charge in [0.25, 0.3) is 10.1 Å². The monoisotopic (exact) mass is 319 g/mol. The minimum atomic E-state index is -4.01. The molecule has 0 aromatic heterocycles. The molecule has 7 heteroatoms. The van der Waals surface area contributed by atoms with Crippen LogP contribution in [0.4, 0.5) is 0 Å². The van der Waals surface area contributed by atoms with Gasteiger partial charge in [0.05, 0.1) is 16.7 Å². The molecule has 1 saturated carbocycles. The van der Waals surface area contributed by atoms with Gasteiger partial charge in [0, 0.05) is 0 Å². The number of nitrogens with one attached hydrogen (secondary N) is 1. The average molecular weight is 319 g/mol. The Morgan fingerprint density at radius 3 is 2.59 bits per heavy atom. The van der Waals surface area contributed by atoms with Crippen LogP contribution >= 0.6 is 0 Å². The number of allylic oxidation sites excluding steroid dienone is 1. The number of hydrogen-bond donors (Lipinski definition) is 1. The Labute approximate surface area is 127 Å². The molecule has 0 radical (unpaired) electrons. The molecule has 4 atom stereocenters. The summed E-state index contributed by atoms with van der Waals surface area (Å²) >= 11 is 0. The van der Waals surface area contributed by atoms with Crippen LogP contribution in [0.15, 0.2) is 47.4 Å². The van der Waals surface area contributed by atoms with Gasteiger partial charge in [0.1, 0.15) is 5.60 Å². The van der Waals surface area contributed by atoms with Crippen LogP contribution < -0.4 is 5.32 Å². The number of imide groups is 1. The quantitative estimate of drug-likeness (QED) is 0.501. The van der Waals surface area contributed by atoms with Crippen molar-refractivity contribution in [2.75, 3.05) is 0 Å². The van der Waals surface area contributed by atoms with Crippen LogP contribution in [-0.2, 0) is 23.9 Å². The Bertz CT molecular complexity index is 800. The van der Waals surface area contributed by atoms with E-state index in [1.807, 2.05) is 0 Å². The van der Waals surface area contributed by atoms with E-state index in [2.05, 4.69) is 5.32 Å². The molecule has 6 nitrogen and oxygen atoms in total. The summed E-state index contributed by atoms with van der Waals surface area (Å²) in [6, 6.07) is 7.79. The first kappa shape index (κ1) is 13.7. The predicted molar refractivity (Wildman–Crippen MR) is 74.8 cm³/mol. The van der Waals surface area contributed by atoms with Crippen LogP contribution in [0.5, 0.6) is 0 Å². The standard InChI is InChI=1S/C15H13NO5S/c17-13-11-9-6-7-15(8-9,12(11)14(18)16-13)21-22(19,20)10-4-2-1-3-5-10/h1-7,9,11-12H,8H2,(H,16,17,18). The van der Waals surface area contributed by atoms with Gasteiger partial charge in [0.15, 0.2) is 0 Å². The minimum absolute atomic E-state index is 0.0365. The van der Waals surface area contributed by atoms with Crippen LogP contribution in [0.1, 0.15) is 6.42 Å². The zero-order chi connectivity index (χ0) is 15.5. The van der Waals surface area contributed by atoms with E-state index in [4.69, 9.17) is 4.18 Å². The summed E-state index contributed by atoms with van der Waals surface area (Å²) < 4.78 is 30.4. The number of amides is 2. The van der Waals surface area contributed by atoms with Crippen LogP contribution in [0, 0.1) is 17.8 Å². The van der Waals surface area contributed by atoms with Crippen molar-refractivity contribution in [3.05, 3.63) is 42.5 Å². The van der Waals surface area contributed by atoms with Gasteiger partial charge < -0.3 is 0 Å². The Morgan fingerprint density at radius 2 is 1.86 bits per heavy atom. The first-order valence-corrected chi connectivity index (χ1v) is 8.39. The van der Waals surface area contributed by atoms with E-state index in [0.717, 1.165) is 0 Å². The molecule has 2 amide bonds. The molecule has 1 heterocycles. The maximum absolute atomic E-state index is 12.5. The van der Waals surface area contributed by atoms with E-state index >= 15 is 0 Å². The van der Waals surface area contributed by atoms with Crippen molar-refractivity contribution in [2.24, 2.45) is 17.8 Å². The number of fused-ring (bicyclic) bond motifs is 5. The summed E-state index contributed by atoms with van der Waals surface area (Å²) in [5.41, 5.74) is -1.25. The fourth-order valence-corrected chi connectivity index (χ4v) is 5.01. The highest BCUT2D eigenvalue weighted by Crippen LogP contribution is 2.55. The van der Waals surface area contributed by atoms with Gasteiger partial charge in [-0.15, -0.1) is 0 Å². The van der Waals surface area contributed by atoms with Crippen molar-refractivity contribution < 1.29 is 22.2 Å². The normalized spacial score (nSPS) is 35.7. The van der Waals surface area contributed by atoms with Gasteiger partial charge in [-0.05, 0) is 24.5 Å². The number of benzene rings is 1. The fraction of sp³-hybridized carbons (Fsp3) is 0.333. The molecule has 114 valence electrons. The lowest BCUT2D eigenvalue weighted by molar-refractivity contribution is -0.128. The maximum atomic E-state index is 12.5. The van der Waals surface area contributed by atoms with Crippen molar-refractivity contribution in [2.45, 2.75) is 16.9 Å². The molecule has 2 fully saturated rings. The number of carbonyl (C=O) groups is 2. The second-order valence-corrected chi connectivity index (χ2v) is 7.44. The third-order valence-corrected chi connectivity index (χ3v) is 6.03. The van der Waals surface area contributed by atoms with Crippen LogP contribution in [-0.4, -0.2) is 25.8 Å². The molecule has 1 saturated heterocycles. The molecular weight excluding hydrogens is 306 g/mol. The van der Waals surface area contributed by atoms with E-state index in [1.54, 1.807) is 30.4 Å². The second kappa shape index (κ2) is 4.27. The summed E-state index contributed by atoms with van der Waals surface area (Å²) in [5, 5.41) is 2.28. The van der Waals surface area contributed by atoms with Gasteiger partial charge >= 0.3 is 0 Å². The first-order chi connectivity index (χ1) is 10.4. The number of rotatable bonds is 3. The van der Waals surface area contributed by atoms with Crippen molar-refractivity contribution in [3.63, 3.8) is 0 Å². The van der Waals surface area contributed by atoms with Gasteiger partial charge in [0.2, 0.25) is 11.8 Å². The highest BCUT2D eigenvalue weighted by Gasteiger charge is 2.66. The minimum Gasteiger partial charge on any atom is -0.296 e. The third kappa shape index (κ3) is 1.72. The van der Waals surface area contributed by atoms with E-state index < -0.39 is 33.5 Å². The van der Waals surface area contributed by atoms with Crippen molar-refractivity contribution in [3.8, 4) is 0 Å². The Kier molecular flexibility index (Phi) is 2.65. The van der Waals surface area contributed by atoms with E-state index in [-0.39, 0.29) is 16.7 Å². The molecule has 3 aliphatic rings. The fourth-order valence-electron chi connectivity index (χ4n) is 3.79. The molecule has 1 aromatic rings. The molecule has 2 aliphatic carbocycles. The largest absolute Gasteiger partial charge is 0.297 e. The van der Waals surface area contributed by atoms with Crippen LogP contribution in [0.2, 0.25) is 0 Å². The Morgan fingerprint density at radius 1 is 1.14 bits per heavy atom. The molecule has 22 heavy (non-hydrogen) atoms. The molecular formula is C15H13NO5S. The van der Waals surface area contributed by atoms with Crippen molar-refractivity contribution in [1.82, 2.24) is 5.32 Å². The van der Waals surface area contributed by atoms with Crippen LogP contribution in [0.3, 0.4) is 0 Å².